The van der Waals surface area contributed by atoms with Crippen LogP contribution < -0.4 is 5.32 Å². The van der Waals surface area contributed by atoms with Gasteiger partial charge in [0.05, 0.1) is 7.11 Å². The van der Waals surface area contributed by atoms with E-state index in [-0.39, 0.29) is 17.6 Å². The third-order valence-electron chi connectivity index (χ3n) is 2.87. The average molecular weight is 290 g/mol. The van der Waals surface area contributed by atoms with Gasteiger partial charge in [-0.05, 0) is 30.8 Å². The minimum Gasteiger partial charge on any atom is -0.468 e. The highest BCUT2D eigenvalue weighted by atomic mass is 32.1. The number of methoxy groups -OCH3 is 1. The number of nitrogens with zero attached hydrogens (tertiary/aromatic N) is 1. The molecule has 0 aromatic heterocycles. The summed E-state index contributed by atoms with van der Waals surface area (Å²) in [6.45, 7) is 1.80. The third kappa shape index (κ3) is 3.03. The molecule has 0 radical (unpaired) electrons. The van der Waals surface area contributed by atoms with Crippen molar-refractivity contribution in [1.29, 1.82) is 0 Å². The maximum atomic E-state index is 12.1. The van der Waals surface area contributed by atoms with E-state index < -0.39 is 5.97 Å². The number of thiocarbonyl (C=S) groups is 1. The van der Waals surface area contributed by atoms with Crippen molar-refractivity contribution in [2.24, 2.45) is 0 Å². The Balaban J connectivity index is 2.19. The van der Waals surface area contributed by atoms with Crippen LogP contribution in [0.5, 0.6) is 0 Å². The molecule has 0 bridgehead atoms. The van der Waals surface area contributed by atoms with E-state index >= 15 is 0 Å². The molecule has 0 saturated carbocycles. The Morgan fingerprint density at radius 3 is 2.65 bits per heavy atom. The van der Waals surface area contributed by atoms with Crippen LogP contribution >= 0.6 is 12.2 Å². The van der Waals surface area contributed by atoms with Crippen LogP contribution in [0.15, 0.2) is 30.0 Å². The van der Waals surface area contributed by atoms with Crippen LogP contribution in [-0.4, -0.2) is 35.5 Å². The molecule has 1 amide bonds. The van der Waals surface area contributed by atoms with E-state index in [0.29, 0.717) is 5.70 Å². The standard InChI is InChI=1S/C14H14N2O3S/c1-9-3-5-10(6-4-9)7-11-13(18)16(14(20)15-11)8-12(17)19-2/h3-7H,8H2,1-2H3,(H,15,20)/b11-7-. The molecular formula is C14H14N2O3S. The van der Waals surface area contributed by atoms with Gasteiger partial charge in [-0.1, -0.05) is 29.8 Å². The number of hydrogen-bond acceptors (Lipinski definition) is 4. The van der Waals surface area contributed by atoms with Gasteiger partial charge >= 0.3 is 5.97 Å². The summed E-state index contributed by atoms with van der Waals surface area (Å²) in [5, 5.41) is 3.01. The van der Waals surface area contributed by atoms with Crippen molar-refractivity contribution in [3.05, 3.63) is 41.1 Å². The predicted molar refractivity (Wildman–Crippen MR) is 78.6 cm³/mol. The maximum absolute atomic E-state index is 12.1. The molecule has 1 aromatic rings. The normalized spacial score (nSPS) is 16.5. The van der Waals surface area contributed by atoms with Gasteiger partial charge in [0.25, 0.3) is 5.91 Å². The van der Waals surface area contributed by atoms with Gasteiger partial charge in [0.2, 0.25) is 0 Å². The van der Waals surface area contributed by atoms with Gasteiger partial charge in [-0.2, -0.15) is 0 Å². The van der Waals surface area contributed by atoms with E-state index in [1.54, 1.807) is 6.08 Å². The van der Waals surface area contributed by atoms with Crippen LogP contribution in [0.1, 0.15) is 11.1 Å². The summed E-state index contributed by atoms with van der Waals surface area (Å²) < 4.78 is 4.54. The number of carbonyl (C=O) groups is 2. The van der Waals surface area contributed by atoms with Gasteiger partial charge in [-0.3, -0.25) is 14.5 Å². The van der Waals surface area contributed by atoms with E-state index in [2.05, 4.69) is 10.1 Å². The van der Waals surface area contributed by atoms with Crippen LogP contribution in [-0.2, 0) is 14.3 Å². The highest BCUT2D eigenvalue weighted by molar-refractivity contribution is 7.80. The monoisotopic (exact) mass is 290 g/mol. The van der Waals surface area contributed by atoms with Crippen molar-refractivity contribution in [2.45, 2.75) is 6.92 Å². The number of ether oxygens (including phenoxy) is 1. The summed E-state index contributed by atoms with van der Waals surface area (Å²) in [7, 11) is 1.27. The number of aryl methyl sites for hydroxylation is 1. The number of nitrogens with one attached hydrogen (secondary N) is 1. The number of hydrogen-bond donors (Lipinski definition) is 1. The number of amides is 1. The third-order valence-corrected chi connectivity index (χ3v) is 3.19. The molecule has 1 aromatic carbocycles. The minimum atomic E-state index is -0.515. The molecule has 6 heteroatoms. The molecule has 1 aliphatic heterocycles. The second-order valence-electron chi connectivity index (χ2n) is 4.37. The van der Waals surface area contributed by atoms with Crippen molar-refractivity contribution in [3.63, 3.8) is 0 Å². The molecule has 1 fully saturated rings. The van der Waals surface area contributed by atoms with Crippen LogP contribution in [0.2, 0.25) is 0 Å². The average Bonchev–Trinajstić information content (AvgIpc) is 2.69. The number of carbonyl (C=O) groups excluding carboxylic acids is 2. The van der Waals surface area contributed by atoms with E-state index in [9.17, 15) is 9.59 Å². The molecule has 0 atom stereocenters. The number of rotatable bonds is 3. The fourth-order valence-electron chi connectivity index (χ4n) is 1.74. The molecule has 1 N–H and O–H groups in total. The number of esters is 1. The Labute approximate surface area is 122 Å². The molecule has 5 nitrogen and oxygen atoms in total. The molecular weight excluding hydrogens is 276 g/mol. The second kappa shape index (κ2) is 5.83. The van der Waals surface area contributed by atoms with Crippen LogP contribution in [0, 0.1) is 6.92 Å². The van der Waals surface area contributed by atoms with Gasteiger partial charge in [0.1, 0.15) is 12.2 Å². The first-order chi connectivity index (χ1) is 9.51. The fraction of sp³-hybridized carbons (Fsp3) is 0.214. The Bertz CT molecular complexity index is 593. The van der Waals surface area contributed by atoms with E-state index in [4.69, 9.17) is 12.2 Å². The molecule has 0 aliphatic carbocycles. The minimum absolute atomic E-state index is 0.188. The Hall–Kier alpha value is -2.21. The lowest BCUT2D eigenvalue weighted by molar-refractivity contribution is -0.143. The smallest absolute Gasteiger partial charge is 0.325 e. The molecule has 20 heavy (non-hydrogen) atoms. The maximum Gasteiger partial charge on any atom is 0.325 e. The summed E-state index contributed by atoms with van der Waals surface area (Å²) in [6, 6.07) is 7.72. The van der Waals surface area contributed by atoms with Crippen molar-refractivity contribution in [1.82, 2.24) is 10.2 Å². The Kier molecular flexibility index (Phi) is 4.14. The van der Waals surface area contributed by atoms with E-state index in [0.717, 1.165) is 11.1 Å². The van der Waals surface area contributed by atoms with E-state index in [1.165, 1.54) is 12.0 Å². The molecule has 2 rings (SSSR count). The summed E-state index contributed by atoms with van der Waals surface area (Å²) in [5.74, 6) is -0.847. The summed E-state index contributed by atoms with van der Waals surface area (Å²) in [6.07, 6.45) is 1.70. The summed E-state index contributed by atoms with van der Waals surface area (Å²) >= 11 is 5.04. The molecule has 1 saturated heterocycles. The van der Waals surface area contributed by atoms with Crippen molar-refractivity contribution in [2.75, 3.05) is 13.7 Å². The number of benzene rings is 1. The largest absolute Gasteiger partial charge is 0.468 e. The lowest BCUT2D eigenvalue weighted by Gasteiger charge is -2.11. The lowest BCUT2D eigenvalue weighted by Crippen LogP contribution is -2.35. The summed E-state index contributed by atoms with van der Waals surface area (Å²) in [4.78, 5) is 24.6. The van der Waals surface area contributed by atoms with Crippen LogP contribution in [0.25, 0.3) is 6.08 Å². The van der Waals surface area contributed by atoms with Crippen molar-refractivity contribution >= 4 is 35.3 Å². The van der Waals surface area contributed by atoms with Gasteiger partial charge in [-0.15, -0.1) is 0 Å². The SMILES string of the molecule is COC(=O)CN1C(=O)/C(=C/c2ccc(C)cc2)NC1=S. The van der Waals surface area contributed by atoms with Crippen LogP contribution in [0.4, 0.5) is 0 Å². The first-order valence-corrected chi connectivity index (χ1v) is 6.40. The first kappa shape index (κ1) is 14.2. The zero-order chi connectivity index (χ0) is 14.7. The Morgan fingerprint density at radius 2 is 2.05 bits per heavy atom. The van der Waals surface area contributed by atoms with Gasteiger partial charge in [0.15, 0.2) is 5.11 Å². The highest BCUT2D eigenvalue weighted by Crippen LogP contribution is 2.14. The van der Waals surface area contributed by atoms with Gasteiger partial charge < -0.3 is 10.1 Å². The first-order valence-electron chi connectivity index (χ1n) is 5.99. The molecule has 0 unspecified atom stereocenters. The quantitative estimate of drug-likeness (QED) is 0.515. The predicted octanol–water partition coefficient (Wildman–Crippen LogP) is 1.23. The molecule has 104 valence electrons. The molecule has 1 heterocycles. The van der Waals surface area contributed by atoms with Crippen molar-refractivity contribution in [3.8, 4) is 0 Å². The summed E-state index contributed by atoms with van der Waals surface area (Å²) in [5.41, 5.74) is 2.37. The molecule has 1 aliphatic rings. The highest BCUT2D eigenvalue weighted by Gasteiger charge is 2.32. The fourth-order valence-corrected chi connectivity index (χ4v) is 2.00. The van der Waals surface area contributed by atoms with Crippen molar-refractivity contribution < 1.29 is 14.3 Å². The lowest BCUT2D eigenvalue weighted by atomic mass is 10.1. The second-order valence-corrected chi connectivity index (χ2v) is 4.75. The zero-order valence-corrected chi connectivity index (χ0v) is 12.0. The van der Waals surface area contributed by atoms with Crippen LogP contribution in [0.3, 0.4) is 0 Å². The van der Waals surface area contributed by atoms with Gasteiger partial charge in [0, 0.05) is 0 Å². The topological polar surface area (TPSA) is 58.6 Å². The van der Waals surface area contributed by atoms with E-state index in [1.807, 2.05) is 31.2 Å². The molecule has 0 spiro atoms. The Morgan fingerprint density at radius 1 is 1.40 bits per heavy atom. The van der Waals surface area contributed by atoms with Gasteiger partial charge in [-0.25, -0.2) is 0 Å². The zero-order valence-electron chi connectivity index (χ0n) is 11.2.